The second-order valence-electron chi connectivity index (χ2n) is 7.52. The minimum absolute atomic E-state index is 0.164. The van der Waals surface area contributed by atoms with Crippen molar-refractivity contribution in [2.24, 2.45) is 11.8 Å². The van der Waals surface area contributed by atoms with Gasteiger partial charge in [-0.3, -0.25) is 19.3 Å². The Morgan fingerprint density at radius 2 is 1.58 bits per heavy atom. The molecule has 1 N–H and O–H groups in total. The van der Waals surface area contributed by atoms with Gasteiger partial charge in [0.1, 0.15) is 6.54 Å². The number of likely N-dealkylation sites (tertiary alicyclic amines) is 1. The number of nitrogens with one attached hydrogen (secondary N) is 1. The highest BCUT2D eigenvalue weighted by atomic mass is 16.2. The van der Waals surface area contributed by atoms with Gasteiger partial charge >= 0.3 is 0 Å². The minimum atomic E-state index is -0.308. The number of hydrogen-bond acceptors (Lipinski definition) is 4. The number of nitrogens with zero attached hydrogens (tertiary/aromatic N) is 2. The number of anilines is 2. The summed E-state index contributed by atoms with van der Waals surface area (Å²) >= 11 is 0. The van der Waals surface area contributed by atoms with Crippen LogP contribution < -0.4 is 10.2 Å². The first kappa shape index (κ1) is 17.1. The monoisotopic (exact) mass is 355 g/mol. The van der Waals surface area contributed by atoms with Crippen LogP contribution in [0.15, 0.2) is 24.3 Å². The molecular formula is C20H25N3O3. The molecule has 138 valence electrons. The highest BCUT2D eigenvalue weighted by Crippen LogP contribution is 2.38. The van der Waals surface area contributed by atoms with Crippen LogP contribution in [0.3, 0.4) is 0 Å². The molecule has 6 nitrogen and oxygen atoms in total. The summed E-state index contributed by atoms with van der Waals surface area (Å²) in [6.45, 7) is 1.79. The van der Waals surface area contributed by atoms with E-state index in [4.69, 9.17) is 0 Å². The van der Waals surface area contributed by atoms with Crippen LogP contribution in [0.4, 0.5) is 11.4 Å². The molecule has 3 amide bonds. The molecule has 0 aromatic heterocycles. The first-order valence-corrected chi connectivity index (χ1v) is 9.64. The molecule has 2 unspecified atom stereocenters. The number of amides is 3. The van der Waals surface area contributed by atoms with Crippen LogP contribution in [0.2, 0.25) is 0 Å². The van der Waals surface area contributed by atoms with Crippen molar-refractivity contribution >= 4 is 29.1 Å². The average molecular weight is 355 g/mol. The molecular weight excluding hydrogens is 330 g/mol. The van der Waals surface area contributed by atoms with Gasteiger partial charge in [-0.05, 0) is 37.8 Å². The Balaban J connectivity index is 1.45. The molecule has 1 aromatic rings. The maximum atomic E-state index is 12.6. The number of carbonyl (C=O) groups is 3. The van der Waals surface area contributed by atoms with Crippen molar-refractivity contribution in [3.63, 3.8) is 0 Å². The maximum Gasteiger partial charge on any atom is 0.244 e. The highest BCUT2D eigenvalue weighted by Gasteiger charge is 2.48. The molecule has 2 heterocycles. The Bertz CT molecular complexity index is 703. The smallest absolute Gasteiger partial charge is 0.244 e. The quantitative estimate of drug-likeness (QED) is 0.842. The van der Waals surface area contributed by atoms with Crippen molar-refractivity contribution in [3.8, 4) is 0 Å². The lowest BCUT2D eigenvalue weighted by Gasteiger charge is -2.22. The number of fused-ring (bicyclic) bond motifs is 1. The maximum absolute atomic E-state index is 12.6. The molecule has 0 radical (unpaired) electrons. The molecule has 1 saturated carbocycles. The van der Waals surface area contributed by atoms with Gasteiger partial charge in [-0.15, -0.1) is 0 Å². The standard InChI is InChI=1S/C20H25N3O3/c24-18(13-23-19(25)14-7-1-2-8-15(14)20(23)26)21-16-9-3-4-10-17(16)22-11-5-6-12-22/h3-4,9-10,14-15H,1-2,5-8,11-13H2,(H,21,24). The van der Waals surface area contributed by atoms with Gasteiger partial charge in [-0.25, -0.2) is 0 Å². The summed E-state index contributed by atoms with van der Waals surface area (Å²) in [4.78, 5) is 41.1. The second-order valence-corrected chi connectivity index (χ2v) is 7.52. The van der Waals surface area contributed by atoms with Gasteiger partial charge in [0, 0.05) is 13.1 Å². The first-order chi connectivity index (χ1) is 12.6. The van der Waals surface area contributed by atoms with E-state index in [1.807, 2.05) is 24.3 Å². The summed E-state index contributed by atoms with van der Waals surface area (Å²) in [7, 11) is 0. The number of benzene rings is 1. The van der Waals surface area contributed by atoms with E-state index in [1.54, 1.807) is 0 Å². The lowest BCUT2D eigenvalue weighted by atomic mass is 9.81. The zero-order valence-corrected chi connectivity index (χ0v) is 14.9. The zero-order chi connectivity index (χ0) is 18.1. The van der Waals surface area contributed by atoms with Crippen LogP contribution in [0, 0.1) is 11.8 Å². The Hall–Kier alpha value is -2.37. The molecule has 6 heteroatoms. The van der Waals surface area contributed by atoms with Crippen molar-refractivity contribution in [2.75, 3.05) is 29.9 Å². The van der Waals surface area contributed by atoms with E-state index >= 15 is 0 Å². The molecule has 3 fully saturated rings. The third kappa shape index (κ3) is 3.08. The van der Waals surface area contributed by atoms with Crippen molar-refractivity contribution in [3.05, 3.63) is 24.3 Å². The van der Waals surface area contributed by atoms with Gasteiger partial charge in [0.05, 0.1) is 23.2 Å². The third-order valence-electron chi connectivity index (χ3n) is 5.86. The summed E-state index contributed by atoms with van der Waals surface area (Å²) in [6.07, 6.45) is 5.83. The van der Waals surface area contributed by atoms with E-state index in [-0.39, 0.29) is 36.1 Å². The van der Waals surface area contributed by atoms with Crippen molar-refractivity contribution in [1.82, 2.24) is 4.90 Å². The lowest BCUT2D eigenvalue weighted by molar-refractivity contribution is -0.142. The Kier molecular flexibility index (Phi) is 4.66. The van der Waals surface area contributed by atoms with Gasteiger partial charge < -0.3 is 10.2 Å². The topological polar surface area (TPSA) is 69.7 Å². The summed E-state index contributed by atoms with van der Waals surface area (Å²) in [6, 6.07) is 7.72. The molecule has 3 aliphatic rings. The number of imide groups is 1. The number of rotatable bonds is 4. The SMILES string of the molecule is O=C(CN1C(=O)C2CCCCC2C1=O)Nc1ccccc1N1CCCC1. The van der Waals surface area contributed by atoms with Gasteiger partial charge in [0.2, 0.25) is 17.7 Å². The molecule has 2 atom stereocenters. The normalized spacial score (nSPS) is 25.5. The van der Waals surface area contributed by atoms with Gasteiger partial charge in [-0.1, -0.05) is 25.0 Å². The Morgan fingerprint density at radius 1 is 0.962 bits per heavy atom. The Morgan fingerprint density at radius 3 is 2.23 bits per heavy atom. The second kappa shape index (κ2) is 7.09. The van der Waals surface area contributed by atoms with E-state index in [1.165, 1.54) is 4.90 Å². The fourth-order valence-corrected chi connectivity index (χ4v) is 4.53. The predicted octanol–water partition coefficient (Wildman–Crippen LogP) is 2.40. The third-order valence-corrected chi connectivity index (χ3v) is 5.86. The van der Waals surface area contributed by atoms with Crippen LogP contribution in [0.25, 0.3) is 0 Å². The van der Waals surface area contributed by atoms with Gasteiger partial charge in [-0.2, -0.15) is 0 Å². The molecule has 26 heavy (non-hydrogen) atoms. The fourth-order valence-electron chi connectivity index (χ4n) is 4.53. The van der Waals surface area contributed by atoms with Gasteiger partial charge in [0.15, 0.2) is 0 Å². The van der Waals surface area contributed by atoms with Crippen LogP contribution >= 0.6 is 0 Å². The summed E-state index contributed by atoms with van der Waals surface area (Å²) < 4.78 is 0. The van der Waals surface area contributed by atoms with Crippen LogP contribution in [0.5, 0.6) is 0 Å². The van der Waals surface area contributed by atoms with Gasteiger partial charge in [0.25, 0.3) is 0 Å². The highest BCUT2D eigenvalue weighted by molar-refractivity contribution is 6.09. The van der Waals surface area contributed by atoms with E-state index < -0.39 is 0 Å². The van der Waals surface area contributed by atoms with E-state index in [9.17, 15) is 14.4 Å². The van der Waals surface area contributed by atoms with E-state index in [2.05, 4.69) is 10.2 Å². The molecule has 0 bridgehead atoms. The molecule has 4 rings (SSSR count). The average Bonchev–Trinajstić information content (AvgIpc) is 3.26. The number of carbonyl (C=O) groups excluding carboxylic acids is 3. The lowest BCUT2D eigenvalue weighted by Crippen LogP contribution is -2.38. The number of hydrogen-bond donors (Lipinski definition) is 1. The largest absolute Gasteiger partial charge is 0.370 e. The zero-order valence-electron chi connectivity index (χ0n) is 14.9. The van der Waals surface area contributed by atoms with E-state index in [0.29, 0.717) is 0 Å². The number of para-hydroxylation sites is 2. The molecule has 2 saturated heterocycles. The van der Waals surface area contributed by atoms with Crippen molar-refractivity contribution in [1.29, 1.82) is 0 Å². The van der Waals surface area contributed by atoms with Crippen molar-refractivity contribution in [2.45, 2.75) is 38.5 Å². The minimum Gasteiger partial charge on any atom is -0.370 e. The molecule has 0 spiro atoms. The summed E-state index contributed by atoms with van der Waals surface area (Å²) in [5.74, 6) is -1.05. The summed E-state index contributed by atoms with van der Waals surface area (Å²) in [5, 5.41) is 2.91. The first-order valence-electron chi connectivity index (χ1n) is 9.64. The molecule has 1 aliphatic carbocycles. The van der Waals surface area contributed by atoms with Crippen LogP contribution in [0.1, 0.15) is 38.5 Å². The Labute approximate surface area is 153 Å². The summed E-state index contributed by atoms with van der Waals surface area (Å²) in [5.41, 5.74) is 1.75. The van der Waals surface area contributed by atoms with Crippen LogP contribution in [-0.4, -0.2) is 42.3 Å². The van der Waals surface area contributed by atoms with Crippen molar-refractivity contribution < 1.29 is 14.4 Å². The molecule has 2 aliphatic heterocycles. The molecule has 1 aromatic carbocycles. The predicted molar refractivity (Wildman–Crippen MR) is 98.7 cm³/mol. The fraction of sp³-hybridized carbons (Fsp3) is 0.550. The van der Waals surface area contributed by atoms with E-state index in [0.717, 1.165) is 63.0 Å². The van der Waals surface area contributed by atoms with Crippen LogP contribution in [-0.2, 0) is 14.4 Å².